The van der Waals surface area contributed by atoms with Gasteiger partial charge in [0.2, 0.25) is 11.8 Å². The number of hydrogen-bond acceptors (Lipinski definition) is 3. The monoisotopic (exact) mass is 335 g/mol. The van der Waals surface area contributed by atoms with Crippen LogP contribution in [0.25, 0.3) is 11.0 Å². The number of rotatable bonds is 1. The molecule has 0 saturated heterocycles. The van der Waals surface area contributed by atoms with Gasteiger partial charge in [0.25, 0.3) is 0 Å². The van der Waals surface area contributed by atoms with Gasteiger partial charge in [0.05, 0.1) is 10.9 Å². The molecule has 0 aliphatic carbocycles. The van der Waals surface area contributed by atoms with E-state index in [1.165, 1.54) is 24.0 Å². The van der Waals surface area contributed by atoms with E-state index in [-0.39, 0.29) is 23.0 Å². The summed E-state index contributed by atoms with van der Waals surface area (Å²) in [7, 11) is 0. The number of anilines is 1. The molecule has 1 atom stereocenters. The van der Waals surface area contributed by atoms with Crippen LogP contribution in [-0.2, 0) is 4.79 Å². The molecule has 0 radical (unpaired) electrons. The average molecular weight is 335 g/mol. The van der Waals surface area contributed by atoms with Crippen LogP contribution in [0.4, 0.5) is 10.3 Å². The van der Waals surface area contributed by atoms with Crippen molar-refractivity contribution in [1.29, 1.82) is 0 Å². The highest BCUT2D eigenvalue weighted by molar-refractivity contribution is 5.95. The van der Waals surface area contributed by atoms with Crippen LogP contribution in [0.3, 0.4) is 0 Å². The summed E-state index contributed by atoms with van der Waals surface area (Å²) in [5.41, 5.74) is 1.36. The second-order valence-corrected chi connectivity index (χ2v) is 5.91. The highest BCUT2D eigenvalue weighted by atomic mass is 19.1. The van der Waals surface area contributed by atoms with E-state index in [1.807, 2.05) is 0 Å². The molecule has 0 spiro atoms. The Morgan fingerprint density at radius 1 is 1.12 bits per heavy atom. The molecule has 1 unspecified atom stereocenters. The number of hydrogen-bond donors (Lipinski definition) is 0. The second kappa shape index (κ2) is 5.70. The Kier molecular flexibility index (Phi) is 3.50. The fraction of sp³-hybridized carbons (Fsp3) is 0.100. The number of carbonyl (C=O) groups excluding carboxylic acids is 1. The van der Waals surface area contributed by atoms with Gasteiger partial charge in [-0.25, -0.2) is 4.39 Å². The van der Waals surface area contributed by atoms with Crippen molar-refractivity contribution >= 4 is 22.8 Å². The van der Waals surface area contributed by atoms with E-state index in [9.17, 15) is 14.0 Å². The summed E-state index contributed by atoms with van der Waals surface area (Å²) in [4.78, 5) is 26.4. The van der Waals surface area contributed by atoms with Crippen molar-refractivity contribution in [1.82, 2.24) is 0 Å². The summed E-state index contributed by atoms with van der Waals surface area (Å²) in [6.45, 7) is 1.40. The SMILES string of the molecule is CC(=O)N1C=CC(c2ccc(F)cc2)c2c1oc1ccccc1c2=O. The van der Waals surface area contributed by atoms with Gasteiger partial charge in [0.1, 0.15) is 11.4 Å². The van der Waals surface area contributed by atoms with Gasteiger partial charge >= 0.3 is 0 Å². The molecule has 25 heavy (non-hydrogen) atoms. The lowest BCUT2D eigenvalue weighted by Gasteiger charge is -2.27. The number of carbonyl (C=O) groups is 1. The van der Waals surface area contributed by atoms with Gasteiger partial charge in [-0.1, -0.05) is 30.3 Å². The van der Waals surface area contributed by atoms with Gasteiger partial charge in [-0.3, -0.25) is 14.5 Å². The quantitative estimate of drug-likeness (QED) is 0.677. The third-order valence-electron chi connectivity index (χ3n) is 4.34. The molecule has 4 nitrogen and oxygen atoms in total. The van der Waals surface area contributed by atoms with Gasteiger partial charge in [-0.2, -0.15) is 0 Å². The summed E-state index contributed by atoms with van der Waals surface area (Å²) in [6.07, 6.45) is 3.35. The molecular formula is C20H14FNO3. The molecule has 3 aromatic rings. The highest BCUT2D eigenvalue weighted by Crippen LogP contribution is 2.37. The summed E-state index contributed by atoms with van der Waals surface area (Å²) in [5.74, 6) is -0.798. The maximum absolute atomic E-state index is 13.3. The third kappa shape index (κ3) is 2.45. The zero-order valence-electron chi connectivity index (χ0n) is 13.4. The highest BCUT2D eigenvalue weighted by Gasteiger charge is 2.30. The van der Waals surface area contributed by atoms with Gasteiger partial charge < -0.3 is 4.42 Å². The van der Waals surface area contributed by atoms with Crippen LogP contribution in [0.1, 0.15) is 24.0 Å². The van der Waals surface area contributed by atoms with E-state index in [0.717, 1.165) is 5.56 Å². The Bertz CT molecular complexity index is 1070. The number of allylic oxidation sites excluding steroid dienone is 1. The largest absolute Gasteiger partial charge is 0.439 e. The van der Waals surface area contributed by atoms with E-state index in [2.05, 4.69) is 0 Å². The van der Waals surface area contributed by atoms with Crippen LogP contribution in [-0.4, -0.2) is 5.91 Å². The van der Waals surface area contributed by atoms with E-state index < -0.39 is 5.92 Å². The molecule has 1 aliphatic rings. The zero-order valence-corrected chi connectivity index (χ0v) is 13.4. The Balaban J connectivity index is 2.02. The van der Waals surface area contributed by atoms with E-state index in [4.69, 9.17) is 4.42 Å². The first-order valence-electron chi connectivity index (χ1n) is 7.85. The lowest BCUT2D eigenvalue weighted by Crippen LogP contribution is -2.30. The van der Waals surface area contributed by atoms with Crippen molar-refractivity contribution in [3.05, 3.63) is 88.0 Å². The molecule has 1 amide bonds. The zero-order chi connectivity index (χ0) is 17.6. The lowest BCUT2D eigenvalue weighted by atomic mass is 9.89. The van der Waals surface area contributed by atoms with Crippen molar-refractivity contribution in [2.75, 3.05) is 4.90 Å². The van der Waals surface area contributed by atoms with Crippen molar-refractivity contribution in [3.63, 3.8) is 0 Å². The van der Waals surface area contributed by atoms with Crippen LogP contribution >= 0.6 is 0 Å². The minimum atomic E-state index is -0.410. The molecule has 4 rings (SSSR count). The smallest absolute Gasteiger partial charge is 0.230 e. The summed E-state index contributed by atoms with van der Waals surface area (Å²) in [6, 6.07) is 12.9. The van der Waals surface area contributed by atoms with Crippen LogP contribution in [0, 0.1) is 5.82 Å². The number of halogens is 1. The number of nitrogens with zero attached hydrogens (tertiary/aromatic N) is 1. The first-order valence-corrected chi connectivity index (χ1v) is 7.85. The number of para-hydroxylation sites is 1. The van der Waals surface area contributed by atoms with Crippen molar-refractivity contribution < 1.29 is 13.6 Å². The van der Waals surface area contributed by atoms with Gasteiger partial charge in [-0.15, -0.1) is 0 Å². The molecule has 0 fully saturated rings. The lowest BCUT2D eigenvalue weighted by molar-refractivity contribution is -0.116. The third-order valence-corrected chi connectivity index (χ3v) is 4.34. The van der Waals surface area contributed by atoms with E-state index >= 15 is 0 Å². The molecule has 124 valence electrons. The molecule has 0 saturated carbocycles. The topological polar surface area (TPSA) is 50.5 Å². The molecule has 1 aromatic heterocycles. The molecule has 0 N–H and O–H groups in total. The molecule has 2 aromatic carbocycles. The molecule has 5 heteroatoms. The minimum absolute atomic E-state index is 0.193. The fourth-order valence-electron chi connectivity index (χ4n) is 3.13. The predicted octanol–water partition coefficient (Wildman–Crippen LogP) is 3.94. The van der Waals surface area contributed by atoms with Crippen molar-refractivity contribution in [3.8, 4) is 0 Å². The van der Waals surface area contributed by atoms with E-state index in [0.29, 0.717) is 16.5 Å². The van der Waals surface area contributed by atoms with Crippen LogP contribution < -0.4 is 10.3 Å². The molecule has 2 heterocycles. The Hall–Kier alpha value is -3.21. The Morgan fingerprint density at radius 2 is 1.84 bits per heavy atom. The Labute approximate surface area is 142 Å². The summed E-state index contributed by atoms with van der Waals surface area (Å²) >= 11 is 0. The Morgan fingerprint density at radius 3 is 2.56 bits per heavy atom. The standard InChI is InChI=1S/C20H14FNO3/c1-12(23)22-11-10-15(13-6-8-14(21)9-7-13)18-19(24)16-4-2-3-5-17(16)25-20(18)22/h2-11,15H,1H3. The average Bonchev–Trinajstić information content (AvgIpc) is 2.61. The normalized spacial score (nSPS) is 16.1. The second-order valence-electron chi connectivity index (χ2n) is 5.91. The fourth-order valence-corrected chi connectivity index (χ4v) is 3.13. The van der Waals surface area contributed by atoms with Gasteiger partial charge in [0.15, 0.2) is 5.43 Å². The number of benzene rings is 2. The summed E-state index contributed by atoms with van der Waals surface area (Å²) in [5, 5.41) is 0.451. The van der Waals surface area contributed by atoms with Gasteiger partial charge in [-0.05, 0) is 29.8 Å². The number of fused-ring (bicyclic) bond motifs is 2. The van der Waals surface area contributed by atoms with Crippen LogP contribution in [0.5, 0.6) is 0 Å². The first-order chi connectivity index (χ1) is 12.1. The molecule has 1 aliphatic heterocycles. The van der Waals surface area contributed by atoms with Crippen LogP contribution in [0.2, 0.25) is 0 Å². The predicted molar refractivity (Wildman–Crippen MR) is 93.0 cm³/mol. The van der Waals surface area contributed by atoms with Crippen molar-refractivity contribution in [2.45, 2.75) is 12.8 Å². The van der Waals surface area contributed by atoms with Crippen molar-refractivity contribution in [2.24, 2.45) is 0 Å². The minimum Gasteiger partial charge on any atom is -0.439 e. The van der Waals surface area contributed by atoms with Crippen LogP contribution in [0.15, 0.2) is 70.0 Å². The maximum atomic E-state index is 13.3. The summed E-state index contributed by atoms with van der Waals surface area (Å²) < 4.78 is 19.1. The van der Waals surface area contributed by atoms with Gasteiger partial charge in [0, 0.05) is 19.0 Å². The molecule has 0 bridgehead atoms. The number of amides is 1. The maximum Gasteiger partial charge on any atom is 0.230 e. The first kappa shape index (κ1) is 15.3. The van der Waals surface area contributed by atoms with E-state index in [1.54, 1.807) is 48.7 Å². The molecular weight excluding hydrogens is 321 g/mol.